The minimum Gasteiger partial charge on any atom is -0.386 e. The topological polar surface area (TPSA) is 64.9 Å². The normalized spacial score (nSPS) is 10.7. The van der Waals surface area contributed by atoms with E-state index in [-0.39, 0.29) is 5.57 Å². The van der Waals surface area contributed by atoms with Crippen LogP contribution in [-0.2, 0) is 11.3 Å². The number of hydrogen-bond acceptors (Lipinski definition) is 3. The first-order valence-corrected chi connectivity index (χ1v) is 7.84. The van der Waals surface area contributed by atoms with E-state index in [2.05, 4.69) is 26.6 Å². The molecule has 0 atom stereocenters. The number of nitriles is 1. The van der Waals surface area contributed by atoms with Gasteiger partial charge in [0.2, 0.25) is 0 Å². The van der Waals surface area contributed by atoms with Gasteiger partial charge in [0, 0.05) is 22.9 Å². The molecule has 0 bridgehead atoms. The van der Waals surface area contributed by atoms with Crippen molar-refractivity contribution in [2.24, 2.45) is 0 Å². The molecule has 0 spiro atoms. The number of amides is 1. The molecule has 0 saturated carbocycles. The zero-order valence-electron chi connectivity index (χ0n) is 12.6. The molecule has 0 aliphatic carbocycles. The SMILES string of the molecule is Cc1cccc(NC(=O)/C(C#N)=C\NCc2ccccc2Br)c1. The molecular formula is C18H16BrN3O. The van der Waals surface area contributed by atoms with Crippen LogP contribution in [0, 0.1) is 18.3 Å². The molecule has 4 nitrogen and oxygen atoms in total. The Balaban J connectivity index is 2.00. The van der Waals surface area contributed by atoms with Crippen LogP contribution < -0.4 is 10.6 Å². The van der Waals surface area contributed by atoms with E-state index in [1.54, 1.807) is 6.07 Å². The Hall–Kier alpha value is -2.58. The molecule has 0 aromatic heterocycles. The number of aryl methyl sites for hydroxylation is 1. The van der Waals surface area contributed by atoms with Gasteiger partial charge >= 0.3 is 0 Å². The van der Waals surface area contributed by atoms with Crippen molar-refractivity contribution in [1.82, 2.24) is 5.32 Å². The summed E-state index contributed by atoms with van der Waals surface area (Å²) in [6.45, 7) is 2.46. The molecule has 0 aliphatic heterocycles. The maximum absolute atomic E-state index is 12.1. The highest BCUT2D eigenvalue weighted by atomic mass is 79.9. The summed E-state index contributed by atoms with van der Waals surface area (Å²) in [6, 6.07) is 17.1. The highest BCUT2D eigenvalue weighted by Crippen LogP contribution is 2.15. The van der Waals surface area contributed by atoms with Crippen molar-refractivity contribution < 1.29 is 4.79 Å². The van der Waals surface area contributed by atoms with Gasteiger partial charge in [-0.2, -0.15) is 5.26 Å². The molecular weight excluding hydrogens is 354 g/mol. The predicted octanol–water partition coefficient (Wildman–Crippen LogP) is 3.89. The monoisotopic (exact) mass is 369 g/mol. The molecule has 2 aromatic rings. The number of carbonyl (C=O) groups excluding carboxylic acids is 1. The number of anilines is 1. The third kappa shape index (κ3) is 4.97. The van der Waals surface area contributed by atoms with E-state index in [0.29, 0.717) is 12.2 Å². The fourth-order valence-electron chi connectivity index (χ4n) is 1.97. The van der Waals surface area contributed by atoms with Gasteiger partial charge in [-0.25, -0.2) is 0 Å². The second kappa shape index (κ2) is 8.16. The number of carbonyl (C=O) groups is 1. The van der Waals surface area contributed by atoms with Crippen LogP contribution in [-0.4, -0.2) is 5.91 Å². The zero-order chi connectivity index (χ0) is 16.7. The van der Waals surface area contributed by atoms with E-state index >= 15 is 0 Å². The average molecular weight is 370 g/mol. The molecule has 5 heteroatoms. The lowest BCUT2D eigenvalue weighted by molar-refractivity contribution is -0.112. The molecule has 0 fully saturated rings. The molecule has 2 aromatic carbocycles. The fraction of sp³-hybridized carbons (Fsp3) is 0.111. The molecule has 116 valence electrons. The van der Waals surface area contributed by atoms with Crippen LogP contribution >= 0.6 is 15.9 Å². The summed E-state index contributed by atoms with van der Waals surface area (Å²) < 4.78 is 0.976. The highest BCUT2D eigenvalue weighted by Gasteiger charge is 2.09. The number of nitrogens with one attached hydrogen (secondary N) is 2. The number of rotatable bonds is 5. The van der Waals surface area contributed by atoms with E-state index < -0.39 is 5.91 Å². The Labute approximate surface area is 144 Å². The fourth-order valence-corrected chi connectivity index (χ4v) is 2.40. The van der Waals surface area contributed by atoms with Gasteiger partial charge in [-0.3, -0.25) is 4.79 Å². The number of halogens is 1. The molecule has 23 heavy (non-hydrogen) atoms. The van der Waals surface area contributed by atoms with Gasteiger partial charge in [0.25, 0.3) is 5.91 Å². The number of benzene rings is 2. The minimum atomic E-state index is -0.433. The Morgan fingerprint density at radius 3 is 2.74 bits per heavy atom. The molecule has 0 aliphatic rings. The second-order valence-electron chi connectivity index (χ2n) is 4.97. The lowest BCUT2D eigenvalue weighted by atomic mass is 10.2. The van der Waals surface area contributed by atoms with Gasteiger partial charge in [0.15, 0.2) is 0 Å². The lowest BCUT2D eigenvalue weighted by Gasteiger charge is -2.07. The first-order chi connectivity index (χ1) is 11.1. The van der Waals surface area contributed by atoms with E-state index in [9.17, 15) is 4.79 Å². The summed E-state index contributed by atoms with van der Waals surface area (Å²) in [5.74, 6) is -0.433. The van der Waals surface area contributed by atoms with Crippen LogP contribution in [0.1, 0.15) is 11.1 Å². The Kier molecular flexibility index (Phi) is 5.95. The second-order valence-corrected chi connectivity index (χ2v) is 5.82. The van der Waals surface area contributed by atoms with Crippen molar-refractivity contribution in [2.75, 3.05) is 5.32 Å². The minimum absolute atomic E-state index is 0.0264. The van der Waals surface area contributed by atoms with Crippen molar-refractivity contribution in [1.29, 1.82) is 5.26 Å². The quantitative estimate of drug-likeness (QED) is 0.620. The summed E-state index contributed by atoms with van der Waals surface area (Å²) in [7, 11) is 0. The van der Waals surface area contributed by atoms with Gasteiger partial charge < -0.3 is 10.6 Å². The van der Waals surface area contributed by atoms with Crippen LogP contribution in [0.5, 0.6) is 0 Å². The first kappa shape index (κ1) is 16.8. The lowest BCUT2D eigenvalue weighted by Crippen LogP contribution is -2.16. The van der Waals surface area contributed by atoms with Gasteiger partial charge in [-0.15, -0.1) is 0 Å². The van der Waals surface area contributed by atoms with Crippen molar-refractivity contribution in [3.8, 4) is 6.07 Å². The Morgan fingerprint density at radius 2 is 2.04 bits per heavy atom. The average Bonchev–Trinajstić information content (AvgIpc) is 2.53. The van der Waals surface area contributed by atoms with Crippen LogP contribution in [0.2, 0.25) is 0 Å². The summed E-state index contributed by atoms with van der Waals surface area (Å²) in [6.07, 6.45) is 1.44. The predicted molar refractivity (Wildman–Crippen MR) is 94.5 cm³/mol. The van der Waals surface area contributed by atoms with Gasteiger partial charge in [0.1, 0.15) is 11.6 Å². The van der Waals surface area contributed by atoms with E-state index in [1.165, 1.54) is 6.20 Å². The van der Waals surface area contributed by atoms with Gasteiger partial charge in [-0.05, 0) is 36.2 Å². The highest BCUT2D eigenvalue weighted by molar-refractivity contribution is 9.10. The third-order valence-electron chi connectivity index (χ3n) is 3.14. The molecule has 0 saturated heterocycles. The smallest absolute Gasteiger partial charge is 0.267 e. The van der Waals surface area contributed by atoms with Crippen LogP contribution in [0.15, 0.2) is 64.8 Å². The molecule has 0 heterocycles. The molecule has 2 rings (SSSR count). The first-order valence-electron chi connectivity index (χ1n) is 7.05. The van der Waals surface area contributed by atoms with Crippen molar-refractivity contribution in [3.05, 3.63) is 75.9 Å². The van der Waals surface area contributed by atoms with Crippen molar-refractivity contribution in [3.63, 3.8) is 0 Å². The Bertz CT molecular complexity index is 778. The van der Waals surface area contributed by atoms with Gasteiger partial charge in [-0.1, -0.05) is 46.3 Å². The largest absolute Gasteiger partial charge is 0.386 e. The van der Waals surface area contributed by atoms with Crippen LogP contribution in [0.25, 0.3) is 0 Å². The summed E-state index contributed by atoms with van der Waals surface area (Å²) in [5, 5.41) is 14.9. The number of nitrogens with zero attached hydrogens (tertiary/aromatic N) is 1. The summed E-state index contributed by atoms with van der Waals surface area (Å²) >= 11 is 3.46. The van der Waals surface area contributed by atoms with E-state index in [0.717, 1.165) is 15.6 Å². The third-order valence-corrected chi connectivity index (χ3v) is 3.91. The standard InChI is InChI=1S/C18H16BrN3O/c1-13-5-4-7-16(9-13)22-18(23)15(10-20)12-21-11-14-6-2-3-8-17(14)19/h2-9,12,21H,11H2,1H3,(H,22,23)/b15-12-. The van der Waals surface area contributed by atoms with Crippen LogP contribution in [0.4, 0.5) is 5.69 Å². The Morgan fingerprint density at radius 1 is 1.26 bits per heavy atom. The van der Waals surface area contributed by atoms with Crippen molar-refractivity contribution >= 4 is 27.5 Å². The summed E-state index contributed by atoms with van der Waals surface area (Å²) in [5.41, 5.74) is 2.78. The molecule has 1 amide bonds. The van der Waals surface area contributed by atoms with Crippen molar-refractivity contribution in [2.45, 2.75) is 13.5 Å². The molecule has 2 N–H and O–H groups in total. The molecule has 0 unspecified atom stereocenters. The maximum atomic E-state index is 12.1. The number of hydrogen-bond donors (Lipinski definition) is 2. The molecule has 0 radical (unpaired) electrons. The van der Waals surface area contributed by atoms with Gasteiger partial charge in [0.05, 0.1) is 0 Å². The summed E-state index contributed by atoms with van der Waals surface area (Å²) in [4.78, 5) is 12.1. The van der Waals surface area contributed by atoms with Crippen LogP contribution in [0.3, 0.4) is 0 Å². The van der Waals surface area contributed by atoms with E-state index in [4.69, 9.17) is 5.26 Å². The zero-order valence-corrected chi connectivity index (χ0v) is 14.2. The van der Waals surface area contributed by atoms with E-state index in [1.807, 2.05) is 55.5 Å². The maximum Gasteiger partial charge on any atom is 0.267 e.